The fourth-order valence-corrected chi connectivity index (χ4v) is 4.55. The van der Waals surface area contributed by atoms with E-state index in [1.54, 1.807) is 6.07 Å². The number of carbonyl (C=O) groups is 3. The zero-order valence-corrected chi connectivity index (χ0v) is 13.7. The Hall–Kier alpha value is -1.93. The van der Waals surface area contributed by atoms with Crippen LogP contribution in [0.15, 0.2) is 17.0 Å². The molecule has 2 heterocycles. The molecule has 0 radical (unpaired) electrons. The van der Waals surface area contributed by atoms with E-state index in [-0.39, 0.29) is 40.8 Å². The van der Waals surface area contributed by atoms with Crippen LogP contribution in [0.3, 0.4) is 0 Å². The molecule has 1 atom stereocenters. The molecule has 1 fully saturated rings. The second kappa shape index (κ2) is 5.31. The lowest BCUT2D eigenvalue weighted by Gasteiger charge is -2.29. The van der Waals surface area contributed by atoms with Crippen LogP contribution in [-0.2, 0) is 26.0 Å². The van der Waals surface area contributed by atoms with E-state index in [4.69, 9.17) is 11.6 Å². The Kier molecular flexibility index (Phi) is 3.68. The van der Waals surface area contributed by atoms with Crippen molar-refractivity contribution >= 4 is 39.2 Å². The van der Waals surface area contributed by atoms with Crippen LogP contribution >= 0.6 is 11.6 Å². The maximum absolute atomic E-state index is 12.7. The molecule has 23 heavy (non-hydrogen) atoms. The lowest BCUT2D eigenvalue weighted by atomic mass is 10.0. The summed E-state index contributed by atoms with van der Waals surface area (Å²) in [6.45, 7) is 0.111. The van der Waals surface area contributed by atoms with Crippen LogP contribution in [0, 0.1) is 0 Å². The maximum Gasteiger partial charge on any atom is 0.256 e. The Labute approximate surface area is 137 Å². The number of hydrogen-bond donors (Lipinski definition) is 1. The van der Waals surface area contributed by atoms with Crippen LogP contribution in [-0.4, -0.2) is 43.3 Å². The number of benzene rings is 1. The summed E-state index contributed by atoms with van der Waals surface area (Å²) in [7, 11) is -3.70. The number of fused-ring (bicyclic) bond motifs is 1. The standard InChI is InChI=1S/C14H13ClN2O5S/c1-23(21,22)12-8(15)3-2-7-6-17(14(20)11(7)12)9-4-5-10(18)16-13(9)19/h2-3,9H,4-6H2,1H3,(H,16,18,19). The fraction of sp³-hybridized carbons (Fsp3) is 0.357. The summed E-state index contributed by atoms with van der Waals surface area (Å²) < 4.78 is 23.9. The molecule has 7 nitrogen and oxygen atoms in total. The number of piperidine rings is 1. The average Bonchev–Trinajstić information content (AvgIpc) is 2.75. The van der Waals surface area contributed by atoms with E-state index in [9.17, 15) is 22.8 Å². The molecule has 0 bridgehead atoms. The van der Waals surface area contributed by atoms with Gasteiger partial charge in [-0.2, -0.15) is 0 Å². The molecular formula is C14H13ClN2O5S. The monoisotopic (exact) mass is 356 g/mol. The molecule has 1 aromatic rings. The zero-order chi connectivity index (χ0) is 16.9. The SMILES string of the molecule is CS(=O)(=O)c1c(Cl)ccc2c1C(=O)N(C1CCC(=O)NC1=O)C2. The molecule has 3 rings (SSSR count). The third-order valence-corrected chi connectivity index (χ3v) is 5.56. The summed E-state index contributed by atoms with van der Waals surface area (Å²) in [6, 6.07) is 2.22. The third-order valence-electron chi connectivity index (χ3n) is 3.97. The number of carbonyl (C=O) groups excluding carboxylic acids is 3. The highest BCUT2D eigenvalue weighted by molar-refractivity contribution is 7.91. The van der Waals surface area contributed by atoms with Gasteiger partial charge in [-0.1, -0.05) is 17.7 Å². The zero-order valence-electron chi connectivity index (χ0n) is 12.1. The number of halogens is 1. The summed E-state index contributed by atoms with van der Waals surface area (Å²) in [5.74, 6) is -1.48. The molecule has 0 spiro atoms. The van der Waals surface area contributed by atoms with E-state index in [2.05, 4.69) is 5.32 Å². The van der Waals surface area contributed by atoms with Crippen molar-refractivity contribution in [1.82, 2.24) is 10.2 Å². The number of nitrogens with one attached hydrogen (secondary N) is 1. The van der Waals surface area contributed by atoms with Crippen LogP contribution < -0.4 is 5.32 Å². The smallest absolute Gasteiger partial charge is 0.256 e. The predicted octanol–water partition coefficient (Wildman–Crippen LogP) is 0.504. The van der Waals surface area contributed by atoms with Gasteiger partial charge in [0.25, 0.3) is 5.91 Å². The molecule has 0 aromatic heterocycles. The normalized spacial score (nSPS) is 21.4. The molecule has 1 aromatic carbocycles. The van der Waals surface area contributed by atoms with E-state index in [0.29, 0.717) is 5.56 Å². The van der Waals surface area contributed by atoms with E-state index in [1.807, 2.05) is 0 Å². The molecule has 9 heteroatoms. The van der Waals surface area contributed by atoms with Crippen molar-refractivity contribution in [2.75, 3.05) is 6.26 Å². The van der Waals surface area contributed by atoms with E-state index < -0.39 is 27.7 Å². The minimum absolute atomic E-state index is 0.0182. The first-order chi connectivity index (χ1) is 10.7. The Balaban J connectivity index is 2.04. The van der Waals surface area contributed by atoms with Gasteiger partial charge < -0.3 is 4.90 Å². The first-order valence-corrected chi connectivity index (χ1v) is 9.13. The fourth-order valence-electron chi connectivity index (χ4n) is 2.96. The van der Waals surface area contributed by atoms with Crippen LogP contribution in [0.5, 0.6) is 0 Å². The molecule has 3 amide bonds. The summed E-state index contributed by atoms with van der Waals surface area (Å²) in [6.07, 6.45) is 1.33. The molecular weight excluding hydrogens is 344 g/mol. The molecule has 122 valence electrons. The third kappa shape index (κ3) is 2.61. The summed E-state index contributed by atoms with van der Waals surface area (Å²) >= 11 is 5.97. The van der Waals surface area contributed by atoms with Crippen molar-refractivity contribution in [1.29, 1.82) is 0 Å². The second-order valence-corrected chi connectivity index (χ2v) is 7.94. The second-order valence-electron chi connectivity index (χ2n) is 5.58. The molecule has 1 unspecified atom stereocenters. The highest BCUT2D eigenvalue weighted by Gasteiger charge is 2.41. The Morgan fingerprint density at radius 1 is 1.26 bits per heavy atom. The molecule has 1 saturated heterocycles. The highest BCUT2D eigenvalue weighted by Crippen LogP contribution is 2.35. The minimum Gasteiger partial charge on any atom is -0.322 e. The topological polar surface area (TPSA) is 101 Å². The number of sulfone groups is 1. The molecule has 2 aliphatic heterocycles. The quantitative estimate of drug-likeness (QED) is 0.778. The van der Waals surface area contributed by atoms with Crippen LogP contribution in [0.2, 0.25) is 5.02 Å². The van der Waals surface area contributed by atoms with Crippen LogP contribution in [0.1, 0.15) is 28.8 Å². The molecule has 0 saturated carbocycles. The van der Waals surface area contributed by atoms with Crippen molar-refractivity contribution in [2.24, 2.45) is 0 Å². The first-order valence-electron chi connectivity index (χ1n) is 6.86. The number of hydrogen-bond acceptors (Lipinski definition) is 5. The van der Waals surface area contributed by atoms with E-state index >= 15 is 0 Å². The van der Waals surface area contributed by atoms with Gasteiger partial charge in [0.2, 0.25) is 11.8 Å². The van der Waals surface area contributed by atoms with Gasteiger partial charge in [0.05, 0.1) is 15.5 Å². The predicted molar refractivity (Wildman–Crippen MR) is 80.6 cm³/mol. The van der Waals surface area contributed by atoms with Crippen molar-refractivity contribution < 1.29 is 22.8 Å². The van der Waals surface area contributed by atoms with Gasteiger partial charge >= 0.3 is 0 Å². The maximum atomic E-state index is 12.7. The van der Waals surface area contributed by atoms with Gasteiger partial charge in [-0.15, -0.1) is 0 Å². The number of rotatable bonds is 2. The Morgan fingerprint density at radius 2 is 1.96 bits per heavy atom. The largest absolute Gasteiger partial charge is 0.322 e. The minimum atomic E-state index is -3.70. The van der Waals surface area contributed by atoms with Crippen molar-refractivity contribution in [3.8, 4) is 0 Å². The van der Waals surface area contributed by atoms with Crippen LogP contribution in [0.4, 0.5) is 0 Å². The van der Waals surface area contributed by atoms with Crippen LogP contribution in [0.25, 0.3) is 0 Å². The van der Waals surface area contributed by atoms with Gasteiger partial charge in [0.1, 0.15) is 6.04 Å². The lowest BCUT2D eigenvalue weighted by molar-refractivity contribution is -0.136. The Morgan fingerprint density at radius 3 is 2.57 bits per heavy atom. The summed E-state index contributed by atoms with van der Waals surface area (Å²) in [5.41, 5.74) is 0.522. The van der Waals surface area contributed by atoms with Gasteiger partial charge in [0, 0.05) is 19.2 Å². The van der Waals surface area contributed by atoms with Gasteiger partial charge in [0.15, 0.2) is 9.84 Å². The summed E-state index contributed by atoms with van der Waals surface area (Å²) in [5, 5.41) is 2.17. The van der Waals surface area contributed by atoms with Gasteiger partial charge in [-0.25, -0.2) is 8.42 Å². The summed E-state index contributed by atoms with van der Waals surface area (Å²) in [4.78, 5) is 37.0. The molecule has 1 N–H and O–H groups in total. The first kappa shape index (κ1) is 15.9. The highest BCUT2D eigenvalue weighted by atomic mass is 35.5. The molecule has 2 aliphatic rings. The van der Waals surface area contributed by atoms with E-state index in [0.717, 1.165) is 6.26 Å². The van der Waals surface area contributed by atoms with Crippen molar-refractivity contribution in [3.05, 3.63) is 28.3 Å². The molecule has 0 aliphatic carbocycles. The number of imide groups is 1. The number of nitrogens with zero attached hydrogens (tertiary/aromatic N) is 1. The number of amides is 3. The Bertz CT molecular complexity index is 849. The van der Waals surface area contributed by atoms with Crippen molar-refractivity contribution in [2.45, 2.75) is 30.3 Å². The van der Waals surface area contributed by atoms with E-state index in [1.165, 1.54) is 11.0 Å². The van der Waals surface area contributed by atoms with Gasteiger partial charge in [-0.05, 0) is 18.1 Å². The van der Waals surface area contributed by atoms with Crippen molar-refractivity contribution in [3.63, 3.8) is 0 Å². The lowest BCUT2D eigenvalue weighted by Crippen LogP contribution is -2.52. The van der Waals surface area contributed by atoms with Gasteiger partial charge in [-0.3, -0.25) is 19.7 Å². The average molecular weight is 357 g/mol.